The molecule has 0 saturated carbocycles. The van der Waals surface area contributed by atoms with Gasteiger partial charge in [-0.15, -0.1) is 0 Å². The Balaban J connectivity index is 3.70. The molecular formula is C24H46O9P-. The van der Waals surface area contributed by atoms with Crippen molar-refractivity contribution >= 4 is 13.8 Å². The summed E-state index contributed by atoms with van der Waals surface area (Å²) in [6.45, 7) is -0.278. The first-order valence-electron chi connectivity index (χ1n) is 12.7. The highest BCUT2D eigenvalue weighted by molar-refractivity contribution is 7.45. The van der Waals surface area contributed by atoms with Crippen molar-refractivity contribution in [3.63, 3.8) is 0 Å². The first kappa shape index (κ1) is 33.2. The maximum atomic E-state index is 11.9. The normalized spacial score (nSPS) is 15.3. The van der Waals surface area contributed by atoms with Crippen LogP contribution < -0.4 is 4.89 Å². The first-order chi connectivity index (χ1) is 16.3. The number of aliphatic hydroxyl groups excluding tert-OH is 3. The van der Waals surface area contributed by atoms with Crippen molar-refractivity contribution in [2.45, 2.75) is 109 Å². The van der Waals surface area contributed by atoms with E-state index in [1.165, 1.54) is 51.4 Å². The third-order valence-corrected chi connectivity index (χ3v) is 6.13. The minimum Gasteiger partial charge on any atom is -0.756 e. The summed E-state index contributed by atoms with van der Waals surface area (Å²) in [5, 5.41) is 27.0. The summed E-state index contributed by atoms with van der Waals surface area (Å²) in [6.07, 6.45) is 17.2. The zero-order chi connectivity index (χ0) is 25.5. The fourth-order valence-electron chi connectivity index (χ4n) is 3.15. The predicted octanol–water partition coefficient (Wildman–Crippen LogP) is 3.78. The molecule has 0 spiro atoms. The van der Waals surface area contributed by atoms with E-state index < -0.39 is 52.4 Å². The number of carbonyl (C=O) groups excluding carboxylic acids is 1. The number of esters is 1. The maximum Gasteiger partial charge on any atom is 0.306 e. The lowest BCUT2D eigenvalue weighted by atomic mass is 10.1. The second kappa shape index (κ2) is 22.7. The molecule has 0 heterocycles. The Morgan fingerprint density at radius 1 is 0.853 bits per heavy atom. The lowest BCUT2D eigenvalue weighted by molar-refractivity contribution is -0.230. The highest BCUT2D eigenvalue weighted by Crippen LogP contribution is 2.38. The van der Waals surface area contributed by atoms with E-state index in [9.17, 15) is 19.4 Å². The van der Waals surface area contributed by atoms with Gasteiger partial charge < -0.3 is 34.0 Å². The molecule has 202 valence electrons. The van der Waals surface area contributed by atoms with Crippen molar-refractivity contribution in [2.75, 3.05) is 26.4 Å². The smallest absolute Gasteiger partial charge is 0.306 e. The number of hydrogen-bond acceptors (Lipinski definition) is 9. The Hall–Kier alpha value is -0.800. The standard InChI is InChI=1S/C24H47O9P/c1-2-3-4-5-6-7-8-9-10-11-12-13-14-15-16-17-24(28)33-23(19-26)21-32-34(29,30)31-20-22(27)18-25/h7-8,22-23,25-27H,2-6,9-21H2,1H3,(H,29,30)/p-1/b8-7+/t22-,23+/m0/s1. The molecule has 9 nitrogen and oxygen atoms in total. The first-order valence-corrected chi connectivity index (χ1v) is 14.1. The lowest BCUT2D eigenvalue weighted by Gasteiger charge is -2.25. The van der Waals surface area contributed by atoms with E-state index >= 15 is 0 Å². The van der Waals surface area contributed by atoms with Crippen molar-refractivity contribution in [3.05, 3.63) is 12.2 Å². The van der Waals surface area contributed by atoms with Crippen molar-refractivity contribution in [3.8, 4) is 0 Å². The number of unbranched alkanes of at least 4 members (excludes halogenated alkanes) is 11. The van der Waals surface area contributed by atoms with Gasteiger partial charge in [-0.2, -0.15) is 0 Å². The van der Waals surface area contributed by atoms with Gasteiger partial charge in [-0.05, 0) is 32.1 Å². The second-order valence-electron chi connectivity index (χ2n) is 8.50. The van der Waals surface area contributed by atoms with Gasteiger partial charge in [0.05, 0.1) is 26.4 Å². The van der Waals surface area contributed by atoms with E-state index in [1.54, 1.807) is 0 Å². The Labute approximate surface area is 205 Å². The molecule has 0 radical (unpaired) electrons. The monoisotopic (exact) mass is 509 g/mol. The van der Waals surface area contributed by atoms with E-state index in [4.69, 9.17) is 14.9 Å². The van der Waals surface area contributed by atoms with Crippen LogP contribution >= 0.6 is 7.82 Å². The topological polar surface area (TPSA) is 146 Å². The fraction of sp³-hybridized carbons (Fsp3) is 0.875. The summed E-state index contributed by atoms with van der Waals surface area (Å²) in [6, 6.07) is 0. The van der Waals surface area contributed by atoms with Crippen LogP contribution in [0.5, 0.6) is 0 Å². The van der Waals surface area contributed by atoms with Crippen LogP contribution in [0.1, 0.15) is 96.8 Å². The van der Waals surface area contributed by atoms with Crippen LogP contribution in [0.15, 0.2) is 12.2 Å². The third kappa shape index (κ3) is 21.7. The van der Waals surface area contributed by atoms with Gasteiger partial charge in [-0.3, -0.25) is 9.36 Å². The molecule has 0 bridgehead atoms. The van der Waals surface area contributed by atoms with Gasteiger partial charge in [0, 0.05) is 6.42 Å². The molecule has 1 unspecified atom stereocenters. The van der Waals surface area contributed by atoms with Crippen molar-refractivity contribution in [2.24, 2.45) is 0 Å². The zero-order valence-corrected chi connectivity index (χ0v) is 21.7. The lowest BCUT2D eigenvalue weighted by Crippen LogP contribution is -2.28. The Morgan fingerprint density at radius 2 is 1.38 bits per heavy atom. The van der Waals surface area contributed by atoms with Crippen LogP contribution in [0, 0.1) is 0 Å². The summed E-state index contributed by atoms with van der Waals surface area (Å²) >= 11 is 0. The van der Waals surface area contributed by atoms with Gasteiger partial charge in [-0.1, -0.05) is 70.4 Å². The summed E-state index contributed by atoms with van der Waals surface area (Å²) in [5.74, 6) is -0.526. The van der Waals surface area contributed by atoms with E-state index in [0.717, 1.165) is 25.7 Å². The Kier molecular flexibility index (Phi) is 22.1. The fourth-order valence-corrected chi connectivity index (χ4v) is 3.93. The van der Waals surface area contributed by atoms with Gasteiger partial charge in [0.1, 0.15) is 12.2 Å². The largest absolute Gasteiger partial charge is 0.756 e. The third-order valence-electron chi connectivity index (χ3n) is 5.20. The molecule has 0 aromatic heterocycles. The van der Waals surface area contributed by atoms with E-state index in [-0.39, 0.29) is 6.42 Å². The molecule has 0 saturated heterocycles. The number of phosphoric ester groups is 1. The van der Waals surface area contributed by atoms with E-state index in [1.807, 2.05) is 0 Å². The summed E-state index contributed by atoms with van der Waals surface area (Å²) in [7, 11) is -4.75. The molecule has 0 aliphatic rings. The summed E-state index contributed by atoms with van der Waals surface area (Å²) in [5.41, 5.74) is 0. The van der Waals surface area contributed by atoms with Crippen molar-refractivity contribution < 1.29 is 43.4 Å². The molecule has 3 N–H and O–H groups in total. The molecule has 3 atom stereocenters. The highest BCUT2D eigenvalue weighted by atomic mass is 31.2. The Morgan fingerprint density at radius 3 is 1.94 bits per heavy atom. The van der Waals surface area contributed by atoms with E-state index in [2.05, 4.69) is 28.1 Å². The molecule has 0 aliphatic carbocycles. The van der Waals surface area contributed by atoms with Crippen molar-refractivity contribution in [1.82, 2.24) is 0 Å². The van der Waals surface area contributed by atoms with Gasteiger partial charge >= 0.3 is 5.97 Å². The van der Waals surface area contributed by atoms with Crippen molar-refractivity contribution in [1.29, 1.82) is 0 Å². The number of carbonyl (C=O) groups is 1. The molecule has 0 aromatic carbocycles. The van der Waals surface area contributed by atoms with E-state index in [0.29, 0.717) is 6.42 Å². The average Bonchev–Trinajstić information content (AvgIpc) is 2.82. The van der Waals surface area contributed by atoms with Crippen LogP contribution in [0.3, 0.4) is 0 Å². The number of allylic oxidation sites excluding steroid dienone is 2. The van der Waals surface area contributed by atoms with Gasteiger partial charge in [0.2, 0.25) is 0 Å². The number of aliphatic hydroxyl groups is 3. The summed E-state index contributed by atoms with van der Waals surface area (Å²) < 4.78 is 25.5. The molecular weight excluding hydrogens is 463 g/mol. The minimum absolute atomic E-state index is 0.188. The van der Waals surface area contributed by atoms with Gasteiger partial charge in [0.25, 0.3) is 7.82 Å². The van der Waals surface area contributed by atoms with Crippen LogP contribution in [0.2, 0.25) is 0 Å². The molecule has 0 aromatic rings. The Bertz CT molecular complexity index is 557. The summed E-state index contributed by atoms with van der Waals surface area (Å²) in [4.78, 5) is 23.4. The quantitative estimate of drug-likeness (QED) is 0.0765. The zero-order valence-electron chi connectivity index (χ0n) is 20.8. The highest BCUT2D eigenvalue weighted by Gasteiger charge is 2.19. The van der Waals surface area contributed by atoms with Crippen LogP contribution in [0.4, 0.5) is 0 Å². The number of ether oxygens (including phenoxy) is 1. The average molecular weight is 510 g/mol. The van der Waals surface area contributed by atoms with Crippen LogP contribution in [-0.2, 0) is 23.1 Å². The number of rotatable bonds is 24. The SMILES string of the molecule is CCCCCC/C=C/CCCCCCCCCC(=O)O[C@H](CO)COP(=O)([O-])OC[C@@H](O)CO. The molecule has 0 amide bonds. The number of hydrogen-bond donors (Lipinski definition) is 3. The number of phosphoric acid groups is 1. The molecule has 0 fully saturated rings. The molecule has 0 rings (SSSR count). The maximum absolute atomic E-state index is 11.9. The van der Waals surface area contributed by atoms with Gasteiger partial charge in [0.15, 0.2) is 0 Å². The minimum atomic E-state index is -4.75. The predicted molar refractivity (Wildman–Crippen MR) is 129 cm³/mol. The van der Waals surface area contributed by atoms with Gasteiger partial charge in [-0.25, -0.2) is 0 Å². The van der Waals surface area contributed by atoms with Crippen LogP contribution in [0.25, 0.3) is 0 Å². The second-order valence-corrected chi connectivity index (χ2v) is 9.91. The van der Waals surface area contributed by atoms with Crippen LogP contribution in [-0.4, -0.2) is 59.9 Å². The molecule has 10 heteroatoms. The molecule has 34 heavy (non-hydrogen) atoms. The molecule has 0 aliphatic heterocycles.